The summed E-state index contributed by atoms with van der Waals surface area (Å²) < 4.78 is 12.6. The number of pyridine rings is 1. The van der Waals surface area contributed by atoms with Crippen molar-refractivity contribution in [3.63, 3.8) is 0 Å². The highest BCUT2D eigenvalue weighted by Crippen LogP contribution is 2.23. The molecule has 2 nitrogen and oxygen atoms in total. The molecule has 1 unspecified atom stereocenters. The van der Waals surface area contributed by atoms with Crippen LogP contribution in [0.4, 0.5) is 4.39 Å². The van der Waals surface area contributed by atoms with E-state index in [1.54, 1.807) is 6.07 Å². The fourth-order valence-electron chi connectivity index (χ4n) is 1.28. The van der Waals surface area contributed by atoms with E-state index in [1.165, 1.54) is 6.07 Å². The smallest absolute Gasteiger partial charge is 0.214 e. The topological polar surface area (TPSA) is 38.9 Å². The van der Waals surface area contributed by atoms with Crippen LogP contribution in [0.2, 0.25) is 5.15 Å². The summed E-state index contributed by atoms with van der Waals surface area (Å²) in [5.41, 5.74) is 6.61. The molecule has 1 rings (SSSR count). The highest BCUT2D eigenvalue weighted by molar-refractivity contribution is 6.30. The van der Waals surface area contributed by atoms with Gasteiger partial charge in [0.2, 0.25) is 5.95 Å². The first-order chi connectivity index (χ1) is 6.65. The van der Waals surface area contributed by atoms with Gasteiger partial charge in [-0.15, -0.1) is 0 Å². The van der Waals surface area contributed by atoms with Crippen LogP contribution in [0.15, 0.2) is 12.1 Å². The van der Waals surface area contributed by atoms with Gasteiger partial charge in [0, 0.05) is 11.6 Å². The van der Waals surface area contributed by atoms with E-state index in [-0.39, 0.29) is 11.2 Å². The average molecular weight is 217 g/mol. The normalized spacial score (nSPS) is 12.9. The summed E-state index contributed by atoms with van der Waals surface area (Å²) in [6.45, 7) is 2.09. The molecule has 1 aromatic heterocycles. The predicted octanol–water partition coefficient (Wildman–Crippen LogP) is 3.06. The molecule has 2 N–H and O–H groups in total. The summed E-state index contributed by atoms with van der Waals surface area (Å²) in [5, 5.41) is 0.175. The molecule has 0 saturated carbocycles. The number of nitrogens with two attached hydrogens (primary N) is 1. The fourth-order valence-corrected chi connectivity index (χ4v) is 1.56. The van der Waals surface area contributed by atoms with Crippen LogP contribution in [-0.2, 0) is 0 Å². The molecule has 0 aliphatic rings. The molecule has 1 aromatic rings. The molecule has 0 radical (unpaired) electrons. The number of hydrogen-bond acceptors (Lipinski definition) is 2. The molecule has 0 fully saturated rings. The number of hydrogen-bond donors (Lipinski definition) is 1. The molecule has 14 heavy (non-hydrogen) atoms. The van der Waals surface area contributed by atoms with Crippen molar-refractivity contribution < 1.29 is 4.39 Å². The van der Waals surface area contributed by atoms with Crippen molar-refractivity contribution in [2.45, 2.75) is 32.2 Å². The molecule has 0 aliphatic carbocycles. The predicted molar refractivity (Wildman–Crippen MR) is 55.7 cm³/mol. The summed E-state index contributed by atoms with van der Waals surface area (Å²) in [5.74, 6) is -0.568. The van der Waals surface area contributed by atoms with E-state index in [0.717, 1.165) is 24.8 Å². The van der Waals surface area contributed by atoms with Crippen LogP contribution in [0.1, 0.15) is 37.8 Å². The highest BCUT2D eigenvalue weighted by Gasteiger charge is 2.11. The molecule has 0 spiro atoms. The van der Waals surface area contributed by atoms with Gasteiger partial charge in [0.25, 0.3) is 0 Å². The lowest BCUT2D eigenvalue weighted by atomic mass is 10.0. The van der Waals surface area contributed by atoms with Crippen molar-refractivity contribution in [3.8, 4) is 0 Å². The van der Waals surface area contributed by atoms with Crippen molar-refractivity contribution >= 4 is 11.6 Å². The Bertz CT molecular complexity index is 304. The maximum atomic E-state index is 12.6. The zero-order valence-electron chi connectivity index (χ0n) is 8.13. The third-order valence-electron chi connectivity index (χ3n) is 2.11. The van der Waals surface area contributed by atoms with Crippen LogP contribution in [0.25, 0.3) is 0 Å². The van der Waals surface area contributed by atoms with Crippen LogP contribution in [-0.4, -0.2) is 4.98 Å². The highest BCUT2D eigenvalue weighted by atomic mass is 35.5. The Morgan fingerprint density at radius 3 is 2.86 bits per heavy atom. The second kappa shape index (κ2) is 5.27. The SMILES string of the molecule is CCCCC(N)c1ccc(F)nc1Cl. The monoisotopic (exact) mass is 216 g/mol. The number of rotatable bonds is 4. The van der Waals surface area contributed by atoms with Gasteiger partial charge in [-0.05, 0) is 18.6 Å². The lowest BCUT2D eigenvalue weighted by molar-refractivity contribution is 0.570. The van der Waals surface area contributed by atoms with Gasteiger partial charge in [0.15, 0.2) is 0 Å². The molecule has 4 heteroatoms. The maximum absolute atomic E-state index is 12.6. The molecule has 0 aliphatic heterocycles. The van der Waals surface area contributed by atoms with Gasteiger partial charge >= 0.3 is 0 Å². The van der Waals surface area contributed by atoms with Crippen LogP contribution in [0.3, 0.4) is 0 Å². The van der Waals surface area contributed by atoms with Crippen LogP contribution in [0, 0.1) is 5.95 Å². The van der Waals surface area contributed by atoms with Gasteiger partial charge < -0.3 is 5.73 Å². The molecular formula is C10H14ClFN2. The average Bonchev–Trinajstić information content (AvgIpc) is 2.14. The first-order valence-electron chi connectivity index (χ1n) is 4.72. The third-order valence-corrected chi connectivity index (χ3v) is 2.41. The zero-order valence-corrected chi connectivity index (χ0v) is 8.89. The summed E-state index contributed by atoms with van der Waals surface area (Å²) in [4.78, 5) is 3.52. The van der Waals surface area contributed by atoms with Crippen molar-refractivity contribution in [2.75, 3.05) is 0 Å². The molecule has 0 saturated heterocycles. The van der Waals surface area contributed by atoms with Crippen molar-refractivity contribution in [2.24, 2.45) is 5.73 Å². The van der Waals surface area contributed by atoms with E-state index in [2.05, 4.69) is 11.9 Å². The minimum Gasteiger partial charge on any atom is -0.324 e. The molecule has 0 aromatic carbocycles. The molecule has 0 amide bonds. The summed E-state index contributed by atoms with van der Waals surface area (Å²) in [6.07, 6.45) is 2.97. The summed E-state index contributed by atoms with van der Waals surface area (Å²) in [7, 11) is 0. The van der Waals surface area contributed by atoms with E-state index < -0.39 is 5.95 Å². The number of nitrogens with zero attached hydrogens (tertiary/aromatic N) is 1. The van der Waals surface area contributed by atoms with Gasteiger partial charge in [-0.1, -0.05) is 31.4 Å². The fraction of sp³-hybridized carbons (Fsp3) is 0.500. The summed E-state index contributed by atoms with van der Waals surface area (Å²) in [6, 6.07) is 2.74. The first-order valence-corrected chi connectivity index (χ1v) is 5.10. The number of aromatic nitrogens is 1. The second-order valence-electron chi connectivity index (χ2n) is 3.26. The molecular weight excluding hydrogens is 203 g/mol. The number of unbranched alkanes of at least 4 members (excludes halogenated alkanes) is 1. The second-order valence-corrected chi connectivity index (χ2v) is 3.62. The van der Waals surface area contributed by atoms with Crippen molar-refractivity contribution in [1.29, 1.82) is 0 Å². The van der Waals surface area contributed by atoms with Gasteiger partial charge in [-0.3, -0.25) is 0 Å². The van der Waals surface area contributed by atoms with E-state index in [9.17, 15) is 4.39 Å². The molecule has 78 valence electrons. The van der Waals surface area contributed by atoms with Gasteiger partial charge in [-0.25, -0.2) is 4.98 Å². The van der Waals surface area contributed by atoms with Gasteiger partial charge in [-0.2, -0.15) is 4.39 Å². The van der Waals surface area contributed by atoms with E-state index >= 15 is 0 Å². The van der Waals surface area contributed by atoms with Gasteiger partial charge in [0.1, 0.15) is 5.15 Å². The quantitative estimate of drug-likeness (QED) is 0.786. The largest absolute Gasteiger partial charge is 0.324 e. The summed E-state index contributed by atoms with van der Waals surface area (Å²) >= 11 is 5.77. The van der Waals surface area contributed by atoms with Crippen molar-refractivity contribution in [3.05, 3.63) is 28.8 Å². The van der Waals surface area contributed by atoms with Gasteiger partial charge in [0.05, 0.1) is 0 Å². The zero-order chi connectivity index (χ0) is 10.6. The Kier molecular flexibility index (Phi) is 4.29. The maximum Gasteiger partial charge on any atom is 0.214 e. The van der Waals surface area contributed by atoms with Crippen LogP contribution >= 0.6 is 11.6 Å². The Labute approximate surface area is 88.3 Å². The molecule has 0 bridgehead atoms. The molecule has 1 heterocycles. The minimum atomic E-state index is -0.568. The first kappa shape index (κ1) is 11.4. The molecule has 1 atom stereocenters. The minimum absolute atomic E-state index is 0.143. The Morgan fingerprint density at radius 2 is 2.29 bits per heavy atom. The lowest BCUT2D eigenvalue weighted by Gasteiger charge is -2.12. The van der Waals surface area contributed by atoms with E-state index in [4.69, 9.17) is 17.3 Å². The Balaban J connectivity index is 2.74. The van der Waals surface area contributed by atoms with E-state index in [1.807, 2.05) is 0 Å². The van der Waals surface area contributed by atoms with Crippen LogP contribution in [0.5, 0.6) is 0 Å². The third kappa shape index (κ3) is 2.93. The Morgan fingerprint density at radius 1 is 1.57 bits per heavy atom. The number of halogens is 2. The standard InChI is InChI=1S/C10H14ClFN2/c1-2-3-4-8(13)7-5-6-9(12)14-10(7)11/h5-6,8H,2-4,13H2,1H3. The van der Waals surface area contributed by atoms with Crippen LogP contribution < -0.4 is 5.73 Å². The van der Waals surface area contributed by atoms with Crippen molar-refractivity contribution in [1.82, 2.24) is 4.98 Å². The van der Waals surface area contributed by atoms with E-state index in [0.29, 0.717) is 0 Å². The Hall–Kier alpha value is -0.670. The lowest BCUT2D eigenvalue weighted by Crippen LogP contribution is -2.11.